The van der Waals surface area contributed by atoms with Gasteiger partial charge in [0.25, 0.3) is 0 Å². The minimum atomic E-state index is -0.245. The Morgan fingerprint density at radius 3 is 2.62 bits per heavy atom. The van der Waals surface area contributed by atoms with Crippen molar-refractivity contribution in [3.63, 3.8) is 0 Å². The molecule has 0 N–H and O–H groups in total. The first-order valence-electron chi connectivity index (χ1n) is 7.54. The Hall–Kier alpha value is -2.23. The predicted molar refractivity (Wildman–Crippen MR) is 100 cm³/mol. The highest BCUT2D eigenvalue weighted by Gasteiger charge is 2.17. The maximum Gasteiger partial charge on any atom is 0.131 e. The number of fused-ring (bicyclic) bond motifs is 1. The number of hydrogen-bond donors (Lipinski definition) is 0. The number of hydrogen-bond acceptors (Lipinski definition) is 2. The first kappa shape index (κ1) is 15.3. The topological polar surface area (TPSA) is 12.9 Å². The standard InChI is InChI=1S/C20H13ClFNS/c1-12-19(14-5-2-3-6-16(14)22)15-11-13(21)8-9-17(15)23-20(12)18-7-4-10-24-18/h2-11H,1H3. The molecule has 1 nitrogen and oxygen atoms in total. The molecule has 0 aliphatic carbocycles. The van der Waals surface area contributed by atoms with Crippen molar-refractivity contribution < 1.29 is 4.39 Å². The van der Waals surface area contributed by atoms with Gasteiger partial charge in [-0.05, 0) is 53.8 Å². The quantitative estimate of drug-likeness (QED) is 0.389. The van der Waals surface area contributed by atoms with Crippen LogP contribution < -0.4 is 0 Å². The van der Waals surface area contributed by atoms with Gasteiger partial charge >= 0.3 is 0 Å². The summed E-state index contributed by atoms with van der Waals surface area (Å²) >= 11 is 7.82. The highest BCUT2D eigenvalue weighted by atomic mass is 35.5. The fourth-order valence-electron chi connectivity index (χ4n) is 2.99. The fraction of sp³-hybridized carbons (Fsp3) is 0.0500. The van der Waals surface area contributed by atoms with Crippen molar-refractivity contribution in [2.45, 2.75) is 6.92 Å². The van der Waals surface area contributed by atoms with Gasteiger partial charge in [-0.25, -0.2) is 9.37 Å². The van der Waals surface area contributed by atoms with Gasteiger partial charge in [-0.1, -0.05) is 35.9 Å². The van der Waals surface area contributed by atoms with E-state index in [4.69, 9.17) is 16.6 Å². The molecule has 0 amide bonds. The molecule has 0 bridgehead atoms. The summed E-state index contributed by atoms with van der Waals surface area (Å²) in [7, 11) is 0. The fourth-order valence-corrected chi connectivity index (χ4v) is 3.94. The van der Waals surface area contributed by atoms with Gasteiger partial charge in [0, 0.05) is 16.0 Å². The predicted octanol–water partition coefficient (Wildman–Crippen LogP) is 6.73. The van der Waals surface area contributed by atoms with Gasteiger partial charge < -0.3 is 0 Å². The van der Waals surface area contributed by atoms with Crippen LogP contribution in [0, 0.1) is 12.7 Å². The van der Waals surface area contributed by atoms with Gasteiger partial charge in [0.2, 0.25) is 0 Å². The van der Waals surface area contributed by atoms with Crippen LogP contribution in [0.3, 0.4) is 0 Å². The third-order valence-corrected chi connectivity index (χ3v) is 5.20. The van der Waals surface area contributed by atoms with Gasteiger partial charge in [0.15, 0.2) is 0 Å². The molecule has 4 aromatic rings. The molecule has 2 aromatic carbocycles. The first-order valence-corrected chi connectivity index (χ1v) is 8.79. The van der Waals surface area contributed by atoms with Crippen molar-refractivity contribution >= 4 is 33.8 Å². The lowest BCUT2D eigenvalue weighted by atomic mass is 9.94. The van der Waals surface area contributed by atoms with Crippen LogP contribution in [0.5, 0.6) is 0 Å². The summed E-state index contributed by atoms with van der Waals surface area (Å²) in [5, 5.41) is 3.50. The van der Waals surface area contributed by atoms with Crippen LogP contribution in [0.4, 0.5) is 4.39 Å². The van der Waals surface area contributed by atoms with Crippen molar-refractivity contribution in [2.24, 2.45) is 0 Å². The Bertz CT molecular complexity index is 1040. The molecule has 0 atom stereocenters. The van der Waals surface area contributed by atoms with E-state index in [1.54, 1.807) is 23.5 Å². The molecule has 0 spiro atoms. The van der Waals surface area contributed by atoms with E-state index < -0.39 is 0 Å². The summed E-state index contributed by atoms with van der Waals surface area (Å²) in [6, 6.07) is 16.4. The van der Waals surface area contributed by atoms with E-state index in [1.165, 1.54) is 6.07 Å². The number of pyridine rings is 1. The van der Waals surface area contributed by atoms with E-state index >= 15 is 0 Å². The zero-order chi connectivity index (χ0) is 16.7. The zero-order valence-corrected chi connectivity index (χ0v) is 14.5. The molecule has 4 rings (SSSR count). The zero-order valence-electron chi connectivity index (χ0n) is 12.9. The number of halogens is 2. The first-order chi connectivity index (χ1) is 11.6. The minimum Gasteiger partial charge on any atom is -0.247 e. The van der Waals surface area contributed by atoms with E-state index in [2.05, 4.69) is 0 Å². The molecule has 0 aliphatic rings. The maximum atomic E-state index is 14.5. The molecule has 0 radical (unpaired) electrons. The lowest BCUT2D eigenvalue weighted by Crippen LogP contribution is -1.96. The van der Waals surface area contributed by atoms with Crippen LogP contribution in [0.1, 0.15) is 5.56 Å². The number of aromatic nitrogens is 1. The molecule has 0 aliphatic heterocycles. The third-order valence-electron chi connectivity index (χ3n) is 4.09. The Balaban J connectivity index is 2.15. The van der Waals surface area contributed by atoms with E-state index in [9.17, 15) is 4.39 Å². The van der Waals surface area contributed by atoms with Gasteiger partial charge in [0.1, 0.15) is 5.82 Å². The van der Waals surface area contributed by atoms with Crippen LogP contribution in [-0.2, 0) is 0 Å². The van der Waals surface area contributed by atoms with Crippen molar-refractivity contribution in [2.75, 3.05) is 0 Å². The molecular formula is C20H13ClFNS. The summed E-state index contributed by atoms with van der Waals surface area (Å²) in [6.07, 6.45) is 0. The van der Waals surface area contributed by atoms with Crippen LogP contribution >= 0.6 is 22.9 Å². The molecule has 2 heterocycles. The van der Waals surface area contributed by atoms with Crippen LogP contribution in [-0.4, -0.2) is 4.98 Å². The highest BCUT2D eigenvalue weighted by Crippen LogP contribution is 2.39. The number of rotatable bonds is 2. The Kier molecular flexibility index (Phi) is 3.83. The van der Waals surface area contributed by atoms with Crippen LogP contribution in [0.15, 0.2) is 60.0 Å². The number of thiophene rings is 1. The number of benzene rings is 2. The molecular weight excluding hydrogens is 341 g/mol. The van der Waals surface area contributed by atoms with Crippen molar-refractivity contribution in [1.29, 1.82) is 0 Å². The van der Waals surface area contributed by atoms with E-state index in [1.807, 2.05) is 48.7 Å². The summed E-state index contributed by atoms with van der Waals surface area (Å²) < 4.78 is 14.5. The molecule has 118 valence electrons. The second kappa shape index (κ2) is 6.00. The van der Waals surface area contributed by atoms with Gasteiger partial charge in [-0.2, -0.15) is 0 Å². The highest BCUT2D eigenvalue weighted by molar-refractivity contribution is 7.13. The Morgan fingerprint density at radius 2 is 1.88 bits per heavy atom. The summed E-state index contributed by atoms with van der Waals surface area (Å²) in [5.74, 6) is -0.245. The molecule has 0 fully saturated rings. The van der Waals surface area contributed by atoms with Gasteiger partial charge in [0.05, 0.1) is 16.1 Å². The normalized spacial score (nSPS) is 11.1. The van der Waals surface area contributed by atoms with E-state index in [-0.39, 0.29) is 5.82 Å². The van der Waals surface area contributed by atoms with Crippen molar-refractivity contribution in [3.8, 4) is 21.7 Å². The summed E-state index contributed by atoms with van der Waals surface area (Å²) in [5.41, 5.74) is 4.08. The lowest BCUT2D eigenvalue weighted by Gasteiger charge is -2.15. The monoisotopic (exact) mass is 353 g/mol. The largest absolute Gasteiger partial charge is 0.247 e. The van der Waals surface area contributed by atoms with Crippen LogP contribution in [0.25, 0.3) is 32.6 Å². The van der Waals surface area contributed by atoms with Crippen molar-refractivity contribution in [3.05, 3.63) is 76.4 Å². The third kappa shape index (κ3) is 2.50. The molecule has 0 saturated carbocycles. The maximum absolute atomic E-state index is 14.5. The second-order valence-electron chi connectivity index (χ2n) is 5.58. The molecule has 0 unspecified atom stereocenters. The van der Waals surface area contributed by atoms with E-state index in [0.717, 1.165) is 32.6 Å². The number of nitrogens with zero attached hydrogens (tertiary/aromatic N) is 1. The molecule has 0 saturated heterocycles. The van der Waals surface area contributed by atoms with E-state index in [0.29, 0.717) is 10.6 Å². The molecule has 24 heavy (non-hydrogen) atoms. The smallest absolute Gasteiger partial charge is 0.131 e. The summed E-state index contributed by atoms with van der Waals surface area (Å²) in [6.45, 7) is 1.99. The van der Waals surface area contributed by atoms with Gasteiger partial charge in [-0.3, -0.25) is 0 Å². The van der Waals surface area contributed by atoms with Crippen LogP contribution in [0.2, 0.25) is 5.02 Å². The van der Waals surface area contributed by atoms with Crippen molar-refractivity contribution in [1.82, 2.24) is 4.98 Å². The van der Waals surface area contributed by atoms with Gasteiger partial charge in [-0.15, -0.1) is 11.3 Å². The second-order valence-corrected chi connectivity index (χ2v) is 6.96. The average Bonchev–Trinajstić information content (AvgIpc) is 3.10. The Morgan fingerprint density at radius 1 is 1.04 bits per heavy atom. The Labute approximate surface area is 148 Å². The lowest BCUT2D eigenvalue weighted by molar-refractivity contribution is 0.631. The molecule has 2 aromatic heterocycles. The SMILES string of the molecule is Cc1c(-c2cccs2)nc2ccc(Cl)cc2c1-c1ccccc1F. The average molecular weight is 354 g/mol. The minimum absolute atomic E-state index is 0.245. The summed E-state index contributed by atoms with van der Waals surface area (Å²) in [4.78, 5) is 5.87. The molecule has 4 heteroatoms.